The van der Waals surface area contributed by atoms with Crippen LogP contribution < -0.4 is 5.73 Å². The van der Waals surface area contributed by atoms with E-state index in [1.807, 2.05) is 24.3 Å². The van der Waals surface area contributed by atoms with Gasteiger partial charge in [-0.2, -0.15) is 0 Å². The van der Waals surface area contributed by atoms with E-state index in [2.05, 4.69) is 34.4 Å². The van der Waals surface area contributed by atoms with Crippen LogP contribution in [0.15, 0.2) is 24.3 Å². The first-order chi connectivity index (χ1) is 5.34. The fraction of sp³-hybridized carbons (Fsp3) is 0.111. The molecular weight excluding hydrogens is 249 g/mol. The monoisotopic (exact) mass is 257 g/mol. The van der Waals surface area contributed by atoms with Crippen LogP contribution in [0, 0.1) is 11.8 Å². The van der Waals surface area contributed by atoms with Gasteiger partial charge in [-0.3, -0.25) is 0 Å². The zero-order valence-corrected chi connectivity index (χ0v) is 8.13. The molecule has 0 aliphatic rings. The van der Waals surface area contributed by atoms with E-state index in [0.29, 0.717) is 0 Å². The average molecular weight is 257 g/mol. The molecule has 0 atom stereocenters. The molecule has 1 nitrogen and oxygen atoms in total. The Morgan fingerprint density at radius 1 is 1.36 bits per heavy atom. The molecule has 1 aromatic rings. The lowest BCUT2D eigenvalue weighted by Crippen LogP contribution is -1.88. The molecule has 0 aliphatic carbocycles. The predicted molar refractivity (Wildman–Crippen MR) is 56.6 cm³/mol. The minimum atomic E-state index is 0.754. The Kier molecular flexibility index (Phi) is 3.24. The molecule has 0 fully saturated rings. The Hall–Kier alpha value is -0.690. The number of rotatable bonds is 0. The first kappa shape index (κ1) is 8.41. The largest absolute Gasteiger partial charge is 0.398 e. The fourth-order valence-corrected chi connectivity index (χ4v) is 0.930. The van der Waals surface area contributed by atoms with Crippen LogP contribution in [0.3, 0.4) is 0 Å². The number of alkyl halides is 1. The van der Waals surface area contributed by atoms with Gasteiger partial charge in [-0.25, -0.2) is 0 Å². The van der Waals surface area contributed by atoms with Crippen LogP contribution in [-0.4, -0.2) is 4.43 Å². The molecular formula is C9H8IN. The highest BCUT2D eigenvalue weighted by Crippen LogP contribution is 2.07. The molecule has 0 unspecified atom stereocenters. The maximum Gasteiger partial charge on any atom is 0.0613 e. The van der Waals surface area contributed by atoms with E-state index in [4.69, 9.17) is 5.73 Å². The second kappa shape index (κ2) is 4.24. The number of halogens is 1. The van der Waals surface area contributed by atoms with E-state index >= 15 is 0 Å². The summed E-state index contributed by atoms with van der Waals surface area (Å²) in [6, 6.07) is 7.63. The Balaban J connectivity index is 2.95. The van der Waals surface area contributed by atoms with Crippen LogP contribution >= 0.6 is 22.6 Å². The molecule has 0 heterocycles. The van der Waals surface area contributed by atoms with E-state index in [0.717, 1.165) is 15.7 Å². The van der Waals surface area contributed by atoms with Gasteiger partial charge in [-0.05, 0) is 12.1 Å². The van der Waals surface area contributed by atoms with Gasteiger partial charge in [0.2, 0.25) is 0 Å². The summed E-state index contributed by atoms with van der Waals surface area (Å²) in [6.45, 7) is 0. The second-order valence-corrected chi connectivity index (χ2v) is 2.79. The topological polar surface area (TPSA) is 26.0 Å². The minimum Gasteiger partial charge on any atom is -0.398 e. The fourth-order valence-electron chi connectivity index (χ4n) is 0.739. The van der Waals surface area contributed by atoms with E-state index in [1.165, 1.54) is 0 Å². The Morgan fingerprint density at radius 2 is 2.09 bits per heavy atom. The van der Waals surface area contributed by atoms with Crippen LogP contribution in [0.5, 0.6) is 0 Å². The van der Waals surface area contributed by atoms with Gasteiger partial charge in [0.05, 0.1) is 4.43 Å². The SMILES string of the molecule is Nc1ccccc1C#CCI. The van der Waals surface area contributed by atoms with Crippen molar-refractivity contribution in [3.05, 3.63) is 29.8 Å². The predicted octanol–water partition coefficient (Wildman–Crippen LogP) is 2.06. The molecule has 11 heavy (non-hydrogen) atoms. The maximum atomic E-state index is 5.66. The average Bonchev–Trinajstić information content (AvgIpc) is 2.03. The van der Waals surface area contributed by atoms with Crippen LogP contribution in [0.4, 0.5) is 5.69 Å². The molecule has 1 rings (SSSR count). The van der Waals surface area contributed by atoms with E-state index in [9.17, 15) is 0 Å². The van der Waals surface area contributed by atoms with Crippen molar-refractivity contribution in [1.82, 2.24) is 0 Å². The van der Waals surface area contributed by atoms with Crippen molar-refractivity contribution < 1.29 is 0 Å². The standard InChI is InChI=1S/C9H8IN/c10-7-3-5-8-4-1-2-6-9(8)11/h1-2,4,6H,7,11H2. The van der Waals surface area contributed by atoms with Gasteiger partial charge < -0.3 is 5.73 Å². The zero-order chi connectivity index (χ0) is 8.10. The van der Waals surface area contributed by atoms with Crippen LogP contribution in [-0.2, 0) is 0 Å². The van der Waals surface area contributed by atoms with Crippen molar-refractivity contribution >= 4 is 28.3 Å². The molecule has 2 N–H and O–H groups in total. The number of nitrogens with two attached hydrogens (primary N) is 1. The highest BCUT2D eigenvalue weighted by Gasteiger charge is 1.89. The van der Waals surface area contributed by atoms with E-state index < -0.39 is 0 Å². The molecule has 0 radical (unpaired) electrons. The number of hydrogen-bond acceptors (Lipinski definition) is 1. The van der Waals surface area contributed by atoms with Gasteiger partial charge >= 0.3 is 0 Å². The van der Waals surface area contributed by atoms with Gasteiger partial charge in [-0.15, -0.1) is 0 Å². The highest BCUT2D eigenvalue weighted by molar-refractivity contribution is 14.1. The van der Waals surface area contributed by atoms with Gasteiger partial charge in [0.1, 0.15) is 0 Å². The summed E-state index contributed by atoms with van der Waals surface area (Å²) in [5.41, 5.74) is 7.33. The summed E-state index contributed by atoms with van der Waals surface area (Å²) in [5.74, 6) is 5.94. The van der Waals surface area contributed by atoms with E-state index in [1.54, 1.807) is 0 Å². The molecule has 2 heteroatoms. The van der Waals surface area contributed by atoms with Crippen molar-refractivity contribution in [2.45, 2.75) is 0 Å². The summed E-state index contributed by atoms with van der Waals surface area (Å²) >= 11 is 2.21. The lowest BCUT2D eigenvalue weighted by molar-refractivity contribution is 1.63. The first-order valence-electron chi connectivity index (χ1n) is 3.24. The third kappa shape index (κ3) is 2.43. The van der Waals surface area contributed by atoms with Crippen molar-refractivity contribution in [2.24, 2.45) is 0 Å². The number of hydrogen-bond donors (Lipinski definition) is 1. The molecule has 0 aliphatic heterocycles. The first-order valence-corrected chi connectivity index (χ1v) is 4.76. The quantitative estimate of drug-likeness (QED) is 0.327. The summed E-state index contributed by atoms with van der Waals surface area (Å²) < 4.78 is 0.839. The number of anilines is 1. The normalized spacial score (nSPS) is 8.45. The maximum absolute atomic E-state index is 5.66. The lowest BCUT2D eigenvalue weighted by atomic mass is 10.2. The second-order valence-electron chi connectivity index (χ2n) is 2.02. The number of para-hydroxylation sites is 1. The van der Waals surface area contributed by atoms with E-state index in [-0.39, 0.29) is 0 Å². The molecule has 1 aromatic carbocycles. The summed E-state index contributed by atoms with van der Waals surface area (Å²) in [6.07, 6.45) is 0. The Morgan fingerprint density at radius 3 is 2.73 bits per heavy atom. The van der Waals surface area contributed by atoms with Crippen molar-refractivity contribution in [2.75, 3.05) is 10.2 Å². The van der Waals surface area contributed by atoms with Gasteiger partial charge in [-0.1, -0.05) is 46.6 Å². The molecule has 56 valence electrons. The van der Waals surface area contributed by atoms with Gasteiger partial charge in [0, 0.05) is 11.3 Å². The van der Waals surface area contributed by atoms with Gasteiger partial charge in [0.25, 0.3) is 0 Å². The molecule has 0 saturated heterocycles. The smallest absolute Gasteiger partial charge is 0.0613 e. The third-order valence-electron chi connectivity index (χ3n) is 1.25. The number of nitrogen functional groups attached to an aromatic ring is 1. The summed E-state index contributed by atoms with van der Waals surface area (Å²) in [7, 11) is 0. The van der Waals surface area contributed by atoms with Crippen molar-refractivity contribution in [3.63, 3.8) is 0 Å². The summed E-state index contributed by atoms with van der Waals surface area (Å²) in [4.78, 5) is 0. The number of benzene rings is 1. The molecule has 0 spiro atoms. The minimum absolute atomic E-state index is 0.754. The molecule has 0 bridgehead atoms. The summed E-state index contributed by atoms with van der Waals surface area (Å²) in [5, 5.41) is 0. The lowest BCUT2D eigenvalue weighted by Gasteiger charge is -1.93. The zero-order valence-electron chi connectivity index (χ0n) is 5.97. The highest BCUT2D eigenvalue weighted by atomic mass is 127. The van der Waals surface area contributed by atoms with Crippen molar-refractivity contribution in [3.8, 4) is 11.8 Å². The molecule has 0 aromatic heterocycles. The van der Waals surface area contributed by atoms with Crippen LogP contribution in [0.2, 0.25) is 0 Å². The van der Waals surface area contributed by atoms with Crippen molar-refractivity contribution in [1.29, 1.82) is 0 Å². The third-order valence-corrected chi connectivity index (χ3v) is 1.63. The molecule has 0 amide bonds. The Bertz CT molecular complexity index is 296. The molecule has 0 saturated carbocycles. The Labute approximate surface area is 80.1 Å². The van der Waals surface area contributed by atoms with Crippen LogP contribution in [0.25, 0.3) is 0 Å². The van der Waals surface area contributed by atoms with Gasteiger partial charge in [0.15, 0.2) is 0 Å². The van der Waals surface area contributed by atoms with Crippen LogP contribution in [0.1, 0.15) is 5.56 Å².